The van der Waals surface area contributed by atoms with Gasteiger partial charge in [0.1, 0.15) is 6.04 Å². The summed E-state index contributed by atoms with van der Waals surface area (Å²) in [5.74, 6) is 1.56. The van der Waals surface area contributed by atoms with Crippen LogP contribution in [0.5, 0.6) is 0 Å². The third-order valence-corrected chi connectivity index (χ3v) is 8.79. The van der Waals surface area contributed by atoms with Gasteiger partial charge in [0.25, 0.3) is 0 Å². The summed E-state index contributed by atoms with van der Waals surface area (Å²) in [6.45, 7) is 2.24. The van der Waals surface area contributed by atoms with E-state index >= 15 is 0 Å². The average molecular weight is 449 g/mol. The number of fused-ring (bicyclic) bond motifs is 1. The largest absolute Gasteiger partial charge is 0.453 e. The molecule has 2 aromatic rings. The van der Waals surface area contributed by atoms with Crippen molar-refractivity contribution in [2.75, 3.05) is 6.54 Å². The summed E-state index contributed by atoms with van der Waals surface area (Å²) in [5, 5.41) is 0.824. The van der Waals surface area contributed by atoms with Crippen LogP contribution in [0.25, 0.3) is 10.9 Å². The van der Waals surface area contributed by atoms with E-state index < -0.39 is 18.1 Å². The van der Waals surface area contributed by atoms with E-state index in [1.54, 1.807) is 18.0 Å². The number of benzene rings is 1. The predicted octanol–water partition coefficient (Wildman–Crippen LogP) is 4.49. The molecule has 0 spiro atoms. The van der Waals surface area contributed by atoms with Gasteiger partial charge in [0, 0.05) is 29.2 Å². The number of esters is 1. The van der Waals surface area contributed by atoms with E-state index in [2.05, 4.69) is 4.98 Å². The molecule has 0 radical (unpaired) electrons. The van der Waals surface area contributed by atoms with Crippen molar-refractivity contribution < 1.29 is 19.1 Å². The molecule has 6 heteroatoms. The van der Waals surface area contributed by atoms with E-state index in [9.17, 15) is 14.4 Å². The molecule has 7 rings (SSSR count). The van der Waals surface area contributed by atoms with Crippen molar-refractivity contribution in [1.29, 1.82) is 0 Å². The molecule has 4 aliphatic carbocycles. The van der Waals surface area contributed by atoms with Gasteiger partial charge in [-0.15, -0.1) is 0 Å². The highest BCUT2D eigenvalue weighted by atomic mass is 16.5. The van der Waals surface area contributed by atoms with Gasteiger partial charge in [-0.05, 0) is 82.1 Å². The molecule has 4 bridgehead atoms. The fourth-order valence-electron chi connectivity index (χ4n) is 7.73. The second-order valence-electron chi connectivity index (χ2n) is 11.0. The van der Waals surface area contributed by atoms with Crippen LogP contribution >= 0.6 is 0 Å². The number of hydrogen-bond acceptors (Lipinski definition) is 4. The zero-order chi connectivity index (χ0) is 22.7. The summed E-state index contributed by atoms with van der Waals surface area (Å²) in [7, 11) is 0. The molecular formula is C27H32N2O4. The lowest BCUT2D eigenvalue weighted by atomic mass is 9.49. The molecule has 174 valence electrons. The highest BCUT2D eigenvalue weighted by Crippen LogP contribution is 2.60. The minimum Gasteiger partial charge on any atom is -0.453 e. The zero-order valence-electron chi connectivity index (χ0n) is 19.2. The molecule has 1 amide bonds. The van der Waals surface area contributed by atoms with E-state index in [1.807, 2.05) is 24.3 Å². The van der Waals surface area contributed by atoms with Crippen LogP contribution < -0.4 is 0 Å². The van der Waals surface area contributed by atoms with E-state index in [4.69, 9.17) is 4.74 Å². The van der Waals surface area contributed by atoms with Crippen LogP contribution in [0.3, 0.4) is 0 Å². The summed E-state index contributed by atoms with van der Waals surface area (Å²) in [6, 6.07) is 7.03. The van der Waals surface area contributed by atoms with Gasteiger partial charge in [-0.2, -0.15) is 0 Å². The fraction of sp³-hybridized carbons (Fsp3) is 0.593. The maximum Gasteiger partial charge on any atom is 0.329 e. The molecule has 1 saturated heterocycles. The molecule has 0 unspecified atom stereocenters. The van der Waals surface area contributed by atoms with Gasteiger partial charge in [0.2, 0.25) is 11.7 Å². The van der Waals surface area contributed by atoms with E-state index in [1.165, 1.54) is 19.3 Å². The Morgan fingerprint density at radius 2 is 1.73 bits per heavy atom. The summed E-state index contributed by atoms with van der Waals surface area (Å²) in [5.41, 5.74) is 1.14. The lowest BCUT2D eigenvalue weighted by Gasteiger charge is -2.56. The van der Waals surface area contributed by atoms with Crippen LogP contribution in [-0.4, -0.2) is 46.2 Å². The molecule has 33 heavy (non-hydrogen) atoms. The molecule has 1 aromatic carbocycles. The third kappa shape index (κ3) is 3.41. The van der Waals surface area contributed by atoms with Crippen LogP contribution in [0, 0.1) is 23.2 Å². The first-order valence-electron chi connectivity index (χ1n) is 12.6. The number of rotatable bonds is 5. The Morgan fingerprint density at radius 1 is 1.06 bits per heavy atom. The Labute approximate surface area is 194 Å². The third-order valence-electron chi connectivity index (χ3n) is 8.79. The van der Waals surface area contributed by atoms with Crippen molar-refractivity contribution in [1.82, 2.24) is 9.88 Å². The minimum absolute atomic E-state index is 0.177. The number of aromatic amines is 1. The van der Waals surface area contributed by atoms with Gasteiger partial charge in [0.15, 0.2) is 6.10 Å². The standard InChI is InChI=1S/C27H32N2O4/c1-16(24(30)21-15-28-22-6-3-2-5-20(21)22)33-25(31)23-7-4-8-29(23)26(32)27-12-17-9-18(13-27)11-19(10-17)14-27/h2-3,5-6,15-19,23,28H,4,7-14H2,1H3/t16-,17?,18?,19?,23+,27?/m1/s1. The maximum atomic E-state index is 13.8. The van der Waals surface area contributed by atoms with E-state index in [0.717, 1.165) is 36.6 Å². The number of aromatic nitrogens is 1. The Kier molecular flexibility index (Phi) is 4.89. The van der Waals surface area contributed by atoms with Crippen molar-refractivity contribution in [2.24, 2.45) is 23.2 Å². The minimum atomic E-state index is -0.895. The van der Waals surface area contributed by atoms with Crippen molar-refractivity contribution in [3.63, 3.8) is 0 Å². The molecule has 5 aliphatic rings. The van der Waals surface area contributed by atoms with Crippen LogP contribution in [0.15, 0.2) is 30.5 Å². The Hall–Kier alpha value is -2.63. The molecule has 4 saturated carbocycles. The normalized spacial score (nSPS) is 33.4. The summed E-state index contributed by atoms with van der Waals surface area (Å²) >= 11 is 0. The average Bonchev–Trinajstić information content (AvgIpc) is 3.44. The summed E-state index contributed by atoms with van der Waals surface area (Å²) < 4.78 is 5.67. The highest BCUT2D eigenvalue weighted by Gasteiger charge is 2.57. The topological polar surface area (TPSA) is 79.5 Å². The van der Waals surface area contributed by atoms with Crippen LogP contribution in [0.4, 0.5) is 0 Å². The first kappa shape index (κ1) is 20.9. The summed E-state index contributed by atoms with van der Waals surface area (Å²) in [6.07, 6.45) is 9.03. The molecule has 5 fully saturated rings. The first-order chi connectivity index (χ1) is 15.9. The van der Waals surface area contributed by atoms with Gasteiger partial charge in [-0.1, -0.05) is 18.2 Å². The maximum absolute atomic E-state index is 13.8. The first-order valence-corrected chi connectivity index (χ1v) is 12.6. The Morgan fingerprint density at radius 3 is 2.42 bits per heavy atom. The number of hydrogen-bond donors (Lipinski definition) is 1. The van der Waals surface area contributed by atoms with Gasteiger partial charge >= 0.3 is 5.97 Å². The number of Topliss-reactive ketones (excluding diaryl/α,β-unsaturated/α-hetero) is 1. The molecule has 6 nitrogen and oxygen atoms in total. The molecule has 2 atom stereocenters. The smallest absolute Gasteiger partial charge is 0.329 e. The number of ether oxygens (including phenoxy) is 1. The Bertz CT molecular complexity index is 1080. The molecule has 1 aliphatic heterocycles. The number of carbonyl (C=O) groups is 3. The van der Waals surface area contributed by atoms with Gasteiger partial charge in [0.05, 0.1) is 5.41 Å². The van der Waals surface area contributed by atoms with Crippen molar-refractivity contribution in [3.05, 3.63) is 36.0 Å². The summed E-state index contributed by atoms with van der Waals surface area (Å²) in [4.78, 5) is 44.9. The number of ketones is 1. The van der Waals surface area contributed by atoms with Crippen molar-refractivity contribution in [3.8, 4) is 0 Å². The van der Waals surface area contributed by atoms with E-state index in [0.29, 0.717) is 36.3 Å². The lowest BCUT2D eigenvalue weighted by Crippen LogP contribution is -2.56. The van der Waals surface area contributed by atoms with Gasteiger partial charge < -0.3 is 14.6 Å². The van der Waals surface area contributed by atoms with Crippen LogP contribution in [-0.2, 0) is 14.3 Å². The molecular weight excluding hydrogens is 416 g/mol. The van der Waals surface area contributed by atoms with Crippen molar-refractivity contribution in [2.45, 2.75) is 70.4 Å². The second-order valence-corrected chi connectivity index (χ2v) is 11.0. The van der Waals surface area contributed by atoms with Gasteiger partial charge in [-0.25, -0.2) is 4.79 Å². The monoisotopic (exact) mass is 448 g/mol. The fourth-order valence-corrected chi connectivity index (χ4v) is 7.73. The Balaban J connectivity index is 1.16. The quantitative estimate of drug-likeness (QED) is 0.540. The number of carbonyl (C=O) groups excluding carboxylic acids is 3. The van der Waals surface area contributed by atoms with Crippen molar-refractivity contribution >= 4 is 28.6 Å². The number of likely N-dealkylation sites (tertiary alicyclic amines) is 1. The SMILES string of the molecule is C[C@@H](OC(=O)[C@@H]1CCCN1C(=O)C12CC3CC(CC(C3)C1)C2)C(=O)c1c[nH]c2ccccc12. The van der Waals surface area contributed by atoms with Crippen LogP contribution in [0.2, 0.25) is 0 Å². The second kappa shape index (κ2) is 7.71. The number of nitrogens with zero attached hydrogens (tertiary/aromatic N) is 1. The van der Waals surface area contributed by atoms with E-state index in [-0.39, 0.29) is 17.1 Å². The molecule has 1 aromatic heterocycles. The lowest BCUT2D eigenvalue weighted by molar-refractivity contribution is -0.166. The van der Waals surface area contributed by atoms with Crippen LogP contribution in [0.1, 0.15) is 68.6 Å². The number of H-pyrrole nitrogens is 1. The zero-order valence-corrected chi connectivity index (χ0v) is 19.2. The number of nitrogens with one attached hydrogen (secondary N) is 1. The number of amides is 1. The number of para-hydroxylation sites is 1. The molecule has 2 heterocycles. The molecule has 1 N–H and O–H groups in total. The highest BCUT2D eigenvalue weighted by molar-refractivity contribution is 6.10. The van der Waals surface area contributed by atoms with Gasteiger partial charge in [-0.3, -0.25) is 9.59 Å². The predicted molar refractivity (Wildman–Crippen MR) is 124 cm³/mol.